The van der Waals surface area contributed by atoms with E-state index in [9.17, 15) is 0 Å². The normalized spacial score (nSPS) is 12.4. The van der Waals surface area contributed by atoms with E-state index in [-0.39, 0.29) is 0 Å². The van der Waals surface area contributed by atoms with Gasteiger partial charge in [0.05, 0.1) is 0 Å². The number of aryl methyl sites for hydroxylation is 1. The van der Waals surface area contributed by atoms with Gasteiger partial charge in [0, 0.05) is 0 Å². The van der Waals surface area contributed by atoms with E-state index in [0.29, 0.717) is 0 Å². The molecular weight excluding hydrogens is 565 g/mol. The van der Waals surface area contributed by atoms with Crippen molar-refractivity contribution < 1.29 is 0 Å². The Morgan fingerprint density at radius 3 is 1.55 bits per heavy atom. The van der Waals surface area contributed by atoms with Gasteiger partial charge in [0.2, 0.25) is 0 Å². The number of hydrogen-bond acceptors (Lipinski definition) is 0. The van der Waals surface area contributed by atoms with Crippen molar-refractivity contribution in [2.24, 2.45) is 0 Å². The van der Waals surface area contributed by atoms with Gasteiger partial charge in [0.15, 0.2) is 0 Å². The van der Waals surface area contributed by atoms with Gasteiger partial charge in [-0.25, -0.2) is 0 Å². The van der Waals surface area contributed by atoms with E-state index < -0.39 is 0 Å². The Hall–Kier alpha value is -5.98. The zero-order chi connectivity index (χ0) is 30.8. The van der Waals surface area contributed by atoms with E-state index in [1.54, 1.807) is 0 Å². The van der Waals surface area contributed by atoms with Crippen molar-refractivity contribution in [1.29, 1.82) is 0 Å². The van der Waals surface area contributed by atoms with Crippen molar-refractivity contribution in [3.05, 3.63) is 157 Å². The third-order valence-corrected chi connectivity index (χ3v) is 10.7. The Kier molecular flexibility index (Phi) is 4.86. The molecule has 11 rings (SSSR count). The lowest BCUT2D eigenvalue weighted by molar-refractivity contribution is 1.53. The molecule has 0 unspecified atom stereocenters. The van der Waals surface area contributed by atoms with E-state index >= 15 is 0 Å². The number of benzene rings is 9. The molecule has 0 bridgehead atoms. The van der Waals surface area contributed by atoms with Gasteiger partial charge >= 0.3 is 0 Å². The molecule has 0 nitrogen and oxygen atoms in total. The molecule has 0 aliphatic carbocycles. The Morgan fingerprint density at radius 2 is 0.787 bits per heavy atom. The molecule has 0 aromatic heterocycles. The van der Waals surface area contributed by atoms with Gasteiger partial charge in [-0.1, -0.05) is 140 Å². The molecule has 0 heteroatoms. The van der Waals surface area contributed by atoms with Gasteiger partial charge in [-0.15, -0.1) is 0 Å². The largest absolute Gasteiger partial charge is 0.0622 e. The van der Waals surface area contributed by atoms with E-state index in [1.165, 1.54) is 114 Å². The van der Waals surface area contributed by atoms with Crippen LogP contribution in [0.3, 0.4) is 0 Å². The molecule has 0 atom stereocenters. The van der Waals surface area contributed by atoms with Crippen LogP contribution in [0.15, 0.2) is 152 Å². The Labute approximate surface area is 271 Å². The lowest BCUT2D eigenvalue weighted by Gasteiger charge is -2.19. The monoisotopic (exact) mass is 592 g/mol. The molecule has 0 fully saturated rings. The van der Waals surface area contributed by atoms with Crippen LogP contribution in [0.25, 0.3) is 108 Å². The molecule has 0 spiro atoms. The van der Waals surface area contributed by atoms with Crippen LogP contribution in [0.1, 0.15) is 5.56 Å². The summed E-state index contributed by atoms with van der Waals surface area (Å²) < 4.78 is 0. The van der Waals surface area contributed by atoms with Gasteiger partial charge in [-0.05, 0) is 133 Å². The topological polar surface area (TPSA) is 0 Å². The summed E-state index contributed by atoms with van der Waals surface area (Å²) in [7, 11) is 0. The smallest absolute Gasteiger partial charge is 0.000697 e. The van der Waals surface area contributed by atoms with Crippen LogP contribution in [-0.4, -0.2) is 0 Å². The predicted molar refractivity (Wildman–Crippen MR) is 204 cm³/mol. The summed E-state index contributed by atoms with van der Waals surface area (Å²) in [6, 6.07) is 56.9. The molecule has 47 heavy (non-hydrogen) atoms. The van der Waals surface area contributed by atoms with Crippen LogP contribution in [0.4, 0.5) is 0 Å². The summed E-state index contributed by atoms with van der Waals surface area (Å²) in [5, 5.41) is 21.4. The molecule has 0 amide bonds. The second kappa shape index (κ2) is 9.06. The molecule has 0 saturated heterocycles. The molecule has 0 N–H and O–H groups in total. The van der Waals surface area contributed by atoms with Crippen LogP contribution in [0.2, 0.25) is 0 Å². The fourth-order valence-electron chi connectivity index (χ4n) is 8.97. The Balaban J connectivity index is 1.55. The molecular formula is C47H28. The van der Waals surface area contributed by atoms with Crippen LogP contribution in [0, 0.1) is 6.92 Å². The first-order chi connectivity index (χ1) is 23.3. The molecule has 0 aliphatic heterocycles. The molecule has 216 valence electrons. The lowest BCUT2D eigenvalue weighted by Crippen LogP contribution is -1.91. The van der Waals surface area contributed by atoms with Crippen molar-refractivity contribution in [2.45, 2.75) is 6.92 Å². The van der Waals surface area contributed by atoms with Crippen molar-refractivity contribution in [3.8, 4) is 22.3 Å². The first kappa shape index (κ1) is 25.2. The number of rotatable bonds is 2. The summed E-state index contributed by atoms with van der Waals surface area (Å²) in [5.41, 5.74) is 6.47. The van der Waals surface area contributed by atoms with Crippen molar-refractivity contribution in [2.75, 3.05) is 0 Å². The first-order valence-corrected chi connectivity index (χ1v) is 16.5. The second-order valence-electron chi connectivity index (χ2n) is 13.2. The third kappa shape index (κ3) is 3.22. The zero-order valence-electron chi connectivity index (χ0n) is 25.9. The predicted octanol–water partition coefficient (Wildman–Crippen LogP) is 13.4. The van der Waals surface area contributed by atoms with E-state index in [4.69, 9.17) is 0 Å². The van der Waals surface area contributed by atoms with E-state index in [1.807, 2.05) is 0 Å². The number of hydrogen-bond donors (Lipinski definition) is 0. The van der Waals surface area contributed by atoms with E-state index in [2.05, 4.69) is 159 Å². The maximum atomic E-state index is 2.52. The summed E-state index contributed by atoms with van der Waals surface area (Å²) in [5.74, 6) is 0. The fourth-order valence-corrected chi connectivity index (χ4v) is 8.97. The summed E-state index contributed by atoms with van der Waals surface area (Å²) >= 11 is 0. The molecule has 11 aromatic carbocycles. The summed E-state index contributed by atoms with van der Waals surface area (Å²) in [6.07, 6.45) is 0. The summed E-state index contributed by atoms with van der Waals surface area (Å²) in [4.78, 5) is 0. The Bertz CT molecular complexity index is 3040. The average Bonchev–Trinajstić information content (AvgIpc) is 3.62. The van der Waals surface area contributed by atoms with Gasteiger partial charge < -0.3 is 0 Å². The standard InChI is InChI=1S/C47H28/c1-27-23-36-31-18-9-8-17-30(31)25-39-44(36)38(24-27)46-41(28-13-4-2-5-14-28)40-26-37-33-20-11-10-19-32(33)34-21-12-22-35(43(34)37)45(40)42(47(39)46)29-15-6-3-7-16-29/h2-26H,1H3. The van der Waals surface area contributed by atoms with Crippen LogP contribution < -0.4 is 0 Å². The van der Waals surface area contributed by atoms with E-state index in [0.717, 1.165) is 0 Å². The van der Waals surface area contributed by atoms with Crippen molar-refractivity contribution in [3.63, 3.8) is 0 Å². The van der Waals surface area contributed by atoms with Gasteiger partial charge in [-0.2, -0.15) is 0 Å². The minimum atomic E-state index is 1.26. The van der Waals surface area contributed by atoms with Crippen LogP contribution in [-0.2, 0) is 0 Å². The minimum absolute atomic E-state index is 1.26. The van der Waals surface area contributed by atoms with Crippen molar-refractivity contribution in [1.82, 2.24) is 0 Å². The highest BCUT2D eigenvalue weighted by Gasteiger charge is 2.26. The zero-order valence-corrected chi connectivity index (χ0v) is 25.9. The number of fused-ring (bicyclic) bond motifs is 10. The van der Waals surface area contributed by atoms with Crippen molar-refractivity contribution >= 4 is 86.2 Å². The second-order valence-corrected chi connectivity index (χ2v) is 13.2. The maximum Gasteiger partial charge on any atom is -0.000697 e. The van der Waals surface area contributed by atoms with Crippen LogP contribution in [0.5, 0.6) is 0 Å². The quantitative estimate of drug-likeness (QED) is 0.175. The lowest BCUT2D eigenvalue weighted by atomic mass is 9.83. The highest BCUT2D eigenvalue weighted by Crippen LogP contribution is 2.55. The maximum absolute atomic E-state index is 2.52. The van der Waals surface area contributed by atoms with Gasteiger partial charge in [0.25, 0.3) is 0 Å². The van der Waals surface area contributed by atoms with Gasteiger partial charge in [0.1, 0.15) is 0 Å². The minimum Gasteiger partial charge on any atom is -0.0622 e. The fraction of sp³-hybridized carbons (Fsp3) is 0.0213. The molecule has 0 aliphatic rings. The molecule has 0 heterocycles. The van der Waals surface area contributed by atoms with Crippen LogP contribution >= 0.6 is 0 Å². The Morgan fingerprint density at radius 1 is 0.277 bits per heavy atom. The molecule has 11 aromatic rings. The molecule has 0 saturated carbocycles. The summed E-state index contributed by atoms with van der Waals surface area (Å²) in [6.45, 7) is 2.25. The third-order valence-electron chi connectivity index (χ3n) is 10.7. The van der Waals surface area contributed by atoms with Gasteiger partial charge in [-0.3, -0.25) is 0 Å². The molecule has 0 radical (unpaired) electrons. The highest BCUT2D eigenvalue weighted by atomic mass is 14.3. The SMILES string of the molecule is Cc1cc2c3ccccc3cc3c4c(-c5ccccc5)c5c(cc6c7ccccc7c7cccc5c76)c(-c5ccccc5)c4c(c1)c23. The first-order valence-electron chi connectivity index (χ1n) is 16.5. The highest BCUT2D eigenvalue weighted by molar-refractivity contribution is 6.46. The average molecular weight is 593 g/mol.